The summed E-state index contributed by atoms with van der Waals surface area (Å²) < 4.78 is 6.59. The van der Waals surface area contributed by atoms with Gasteiger partial charge in [-0.2, -0.15) is 5.10 Å². The lowest BCUT2D eigenvalue weighted by molar-refractivity contribution is 0.101. The summed E-state index contributed by atoms with van der Waals surface area (Å²) in [6.07, 6.45) is 3.76. The van der Waals surface area contributed by atoms with Crippen molar-refractivity contribution in [1.82, 2.24) is 14.8 Å². The first-order chi connectivity index (χ1) is 14.5. The fourth-order valence-electron chi connectivity index (χ4n) is 2.70. The number of aromatic nitrogens is 3. The number of benzene rings is 1. The first kappa shape index (κ1) is 20.7. The van der Waals surface area contributed by atoms with Gasteiger partial charge in [-0.05, 0) is 36.8 Å². The van der Waals surface area contributed by atoms with Crippen LogP contribution in [-0.2, 0) is 6.54 Å². The van der Waals surface area contributed by atoms with Gasteiger partial charge in [0, 0.05) is 36.8 Å². The van der Waals surface area contributed by atoms with E-state index in [0.29, 0.717) is 29.2 Å². The highest BCUT2D eigenvalue weighted by Crippen LogP contribution is 2.28. The van der Waals surface area contributed by atoms with Crippen LogP contribution in [0.2, 0.25) is 0 Å². The molecule has 30 heavy (non-hydrogen) atoms. The number of nitrogens with one attached hydrogen (secondary N) is 2. The molecule has 0 fully saturated rings. The summed E-state index contributed by atoms with van der Waals surface area (Å²) in [5.74, 6) is -0.427. The van der Waals surface area contributed by atoms with Crippen LogP contribution in [0.25, 0.3) is 0 Å². The number of ether oxygens (including phenoxy) is 1. The second kappa shape index (κ2) is 9.46. The number of anilines is 2. The molecule has 2 amide bonds. The number of pyridine rings is 1. The van der Waals surface area contributed by atoms with Crippen molar-refractivity contribution < 1.29 is 14.3 Å². The van der Waals surface area contributed by atoms with Crippen molar-refractivity contribution in [2.24, 2.45) is 0 Å². The van der Waals surface area contributed by atoms with Gasteiger partial charge in [-0.25, -0.2) is 4.68 Å². The van der Waals surface area contributed by atoms with Crippen molar-refractivity contribution in [2.75, 3.05) is 17.7 Å². The molecule has 0 unspecified atom stereocenters. The van der Waals surface area contributed by atoms with E-state index in [9.17, 15) is 14.4 Å². The molecule has 2 aromatic heterocycles. The SMILES string of the molecule is CCCn1nc(C(=O)Nc2ccc(NC(=O)c3cccnc3)c(OC)c2)ccc1=O. The average molecular weight is 407 g/mol. The standard InChI is InChI=1S/C21H21N5O4/c1-3-11-26-19(27)9-8-17(25-26)21(29)23-15-6-7-16(18(12-15)30-2)24-20(28)14-5-4-10-22-13-14/h4-10,12-13H,3,11H2,1-2H3,(H,23,29)(H,24,28). The van der Waals surface area contributed by atoms with Crippen molar-refractivity contribution in [3.05, 3.63) is 76.5 Å². The summed E-state index contributed by atoms with van der Waals surface area (Å²) in [4.78, 5) is 40.5. The van der Waals surface area contributed by atoms with E-state index in [1.54, 1.807) is 36.5 Å². The highest BCUT2D eigenvalue weighted by Gasteiger charge is 2.14. The summed E-state index contributed by atoms with van der Waals surface area (Å²) in [6, 6.07) is 10.8. The minimum Gasteiger partial charge on any atom is -0.494 e. The van der Waals surface area contributed by atoms with Gasteiger partial charge in [-0.3, -0.25) is 19.4 Å². The first-order valence-electron chi connectivity index (χ1n) is 9.30. The molecule has 0 spiro atoms. The Morgan fingerprint density at radius 1 is 1.10 bits per heavy atom. The zero-order valence-corrected chi connectivity index (χ0v) is 16.6. The summed E-state index contributed by atoms with van der Waals surface area (Å²) in [5.41, 5.74) is 1.16. The van der Waals surface area contributed by atoms with Gasteiger partial charge in [0.1, 0.15) is 11.4 Å². The van der Waals surface area contributed by atoms with Crippen LogP contribution >= 0.6 is 0 Å². The molecule has 0 radical (unpaired) electrons. The number of hydrogen-bond acceptors (Lipinski definition) is 6. The van der Waals surface area contributed by atoms with E-state index in [2.05, 4.69) is 20.7 Å². The summed E-state index contributed by atoms with van der Waals surface area (Å²) in [6.45, 7) is 2.35. The van der Waals surface area contributed by atoms with Gasteiger partial charge in [-0.15, -0.1) is 0 Å². The second-order valence-corrected chi connectivity index (χ2v) is 6.34. The Morgan fingerprint density at radius 3 is 2.63 bits per heavy atom. The van der Waals surface area contributed by atoms with E-state index in [-0.39, 0.29) is 17.2 Å². The topological polar surface area (TPSA) is 115 Å². The minimum atomic E-state index is -0.464. The maximum atomic E-state index is 12.5. The van der Waals surface area contributed by atoms with Crippen molar-refractivity contribution in [1.29, 1.82) is 0 Å². The highest BCUT2D eigenvalue weighted by atomic mass is 16.5. The van der Waals surface area contributed by atoms with Gasteiger partial charge in [0.2, 0.25) is 0 Å². The molecule has 0 aliphatic carbocycles. The monoisotopic (exact) mass is 407 g/mol. The largest absolute Gasteiger partial charge is 0.494 e. The first-order valence-corrected chi connectivity index (χ1v) is 9.30. The lowest BCUT2D eigenvalue weighted by Gasteiger charge is -2.13. The third-order valence-corrected chi connectivity index (χ3v) is 4.17. The van der Waals surface area contributed by atoms with Crippen LogP contribution in [0.1, 0.15) is 34.2 Å². The van der Waals surface area contributed by atoms with Crippen molar-refractivity contribution in [3.63, 3.8) is 0 Å². The minimum absolute atomic E-state index is 0.121. The number of hydrogen-bond donors (Lipinski definition) is 2. The molecule has 2 N–H and O–H groups in total. The third-order valence-electron chi connectivity index (χ3n) is 4.17. The maximum Gasteiger partial charge on any atom is 0.276 e. The fraction of sp³-hybridized carbons (Fsp3) is 0.190. The molecule has 0 saturated heterocycles. The fourth-order valence-corrected chi connectivity index (χ4v) is 2.70. The molecule has 0 aliphatic rings. The number of amides is 2. The van der Waals surface area contributed by atoms with Gasteiger partial charge in [-0.1, -0.05) is 6.92 Å². The number of nitrogens with zero attached hydrogens (tertiary/aromatic N) is 3. The molecule has 0 saturated carbocycles. The molecule has 0 aliphatic heterocycles. The van der Waals surface area contributed by atoms with E-state index in [0.717, 1.165) is 6.42 Å². The van der Waals surface area contributed by atoms with E-state index >= 15 is 0 Å². The molecule has 3 aromatic rings. The van der Waals surface area contributed by atoms with Crippen LogP contribution in [0.15, 0.2) is 59.7 Å². The average Bonchev–Trinajstić information content (AvgIpc) is 2.77. The molecule has 1 aromatic carbocycles. The van der Waals surface area contributed by atoms with Gasteiger partial charge in [0.05, 0.1) is 18.4 Å². The van der Waals surface area contributed by atoms with E-state index in [1.165, 1.54) is 30.1 Å². The molecule has 0 bridgehead atoms. The quantitative estimate of drug-likeness (QED) is 0.622. The second-order valence-electron chi connectivity index (χ2n) is 6.34. The Labute approximate surface area is 172 Å². The zero-order chi connectivity index (χ0) is 21.5. The number of carbonyl (C=O) groups excluding carboxylic acids is 2. The van der Waals surface area contributed by atoms with Crippen LogP contribution in [-0.4, -0.2) is 33.7 Å². The molecule has 9 heteroatoms. The smallest absolute Gasteiger partial charge is 0.276 e. The highest BCUT2D eigenvalue weighted by molar-refractivity contribution is 6.06. The third kappa shape index (κ3) is 4.88. The van der Waals surface area contributed by atoms with Crippen LogP contribution in [0.3, 0.4) is 0 Å². The molecular weight excluding hydrogens is 386 g/mol. The summed E-state index contributed by atoms with van der Waals surface area (Å²) in [7, 11) is 1.46. The lowest BCUT2D eigenvalue weighted by atomic mass is 10.2. The molecule has 0 atom stereocenters. The number of aryl methyl sites for hydroxylation is 1. The molecule has 2 heterocycles. The maximum absolute atomic E-state index is 12.5. The predicted molar refractivity (Wildman–Crippen MR) is 112 cm³/mol. The van der Waals surface area contributed by atoms with Crippen molar-refractivity contribution in [2.45, 2.75) is 19.9 Å². The van der Waals surface area contributed by atoms with E-state index in [1.807, 2.05) is 6.92 Å². The van der Waals surface area contributed by atoms with Crippen LogP contribution in [0, 0.1) is 0 Å². The Bertz CT molecular complexity index is 1110. The summed E-state index contributed by atoms with van der Waals surface area (Å²) >= 11 is 0. The summed E-state index contributed by atoms with van der Waals surface area (Å²) in [5, 5.41) is 9.55. The number of methoxy groups -OCH3 is 1. The van der Waals surface area contributed by atoms with Gasteiger partial charge in [0.25, 0.3) is 17.4 Å². The van der Waals surface area contributed by atoms with Crippen LogP contribution < -0.4 is 20.9 Å². The Hall–Kier alpha value is -4.01. The van der Waals surface area contributed by atoms with E-state index < -0.39 is 5.91 Å². The zero-order valence-electron chi connectivity index (χ0n) is 16.6. The number of rotatable bonds is 7. The van der Waals surface area contributed by atoms with E-state index in [4.69, 9.17) is 4.74 Å². The molecular formula is C21H21N5O4. The van der Waals surface area contributed by atoms with Crippen molar-refractivity contribution in [3.8, 4) is 5.75 Å². The molecule has 9 nitrogen and oxygen atoms in total. The lowest BCUT2D eigenvalue weighted by Crippen LogP contribution is -2.26. The molecule has 3 rings (SSSR count). The predicted octanol–water partition coefficient (Wildman–Crippen LogP) is 2.56. The van der Waals surface area contributed by atoms with Crippen molar-refractivity contribution >= 4 is 23.2 Å². The molecule has 154 valence electrons. The van der Waals surface area contributed by atoms with Crippen LogP contribution in [0.5, 0.6) is 5.75 Å². The number of carbonyl (C=O) groups is 2. The van der Waals surface area contributed by atoms with Gasteiger partial charge in [0.15, 0.2) is 0 Å². The van der Waals surface area contributed by atoms with Gasteiger partial charge >= 0.3 is 0 Å². The Balaban J connectivity index is 1.76. The van der Waals surface area contributed by atoms with Gasteiger partial charge < -0.3 is 15.4 Å². The Morgan fingerprint density at radius 2 is 1.93 bits per heavy atom. The normalized spacial score (nSPS) is 10.3. The Kier molecular flexibility index (Phi) is 6.53. The van der Waals surface area contributed by atoms with Crippen LogP contribution in [0.4, 0.5) is 11.4 Å².